The van der Waals surface area contributed by atoms with Gasteiger partial charge in [0.15, 0.2) is 0 Å². The fourth-order valence-corrected chi connectivity index (χ4v) is 6.18. The summed E-state index contributed by atoms with van der Waals surface area (Å²) in [6, 6.07) is 6.60. The van der Waals surface area contributed by atoms with E-state index in [1.807, 2.05) is 52.3 Å². The molecule has 4 rings (SSSR count). The molecule has 10 heteroatoms. The topological polar surface area (TPSA) is 113 Å². The smallest absolute Gasteiger partial charge is 0.246 e. The third-order valence-electron chi connectivity index (χ3n) is 7.77. The molecular formula is C30H43N5O4S. The number of carbonyl (C=O) groups is 3. The molecule has 0 unspecified atom stereocenters. The van der Waals surface area contributed by atoms with Gasteiger partial charge in [-0.2, -0.15) is 0 Å². The molecule has 2 aliphatic heterocycles. The van der Waals surface area contributed by atoms with Crippen LogP contribution in [0.25, 0.3) is 10.4 Å². The number of amides is 3. The fraction of sp³-hybridized carbons (Fsp3) is 0.600. The van der Waals surface area contributed by atoms with Crippen LogP contribution in [0, 0.1) is 12.3 Å². The first-order valence-electron chi connectivity index (χ1n) is 14.3. The number of aromatic nitrogens is 1. The van der Waals surface area contributed by atoms with Gasteiger partial charge in [-0.1, -0.05) is 45.0 Å². The van der Waals surface area contributed by atoms with E-state index in [-0.39, 0.29) is 36.5 Å². The largest absolute Gasteiger partial charge is 0.368 e. The minimum absolute atomic E-state index is 0.0532. The van der Waals surface area contributed by atoms with Crippen LogP contribution in [0.1, 0.15) is 70.7 Å². The summed E-state index contributed by atoms with van der Waals surface area (Å²) in [5, 5.41) is 9.30. The highest BCUT2D eigenvalue weighted by atomic mass is 32.1. The van der Waals surface area contributed by atoms with Crippen LogP contribution in [-0.4, -0.2) is 72.0 Å². The van der Waals surface area contributed by atoms with E-state index in [1.54, 1.807) is 16.2 Å². The average Bonchev–Trinajstić information content (AvgIpc) is 3.59. The van der Waals surface area contributed by atoms with Gasteiger partial charge in [0.05, 0.1) is 28.2 Å². The minimum Gasteiger partial charge on any atom is -0.368 e. The third kappa shape index (κ3) is 7.47. The number of likely N-dealkylation sites (tertiary alicyclic amines) is 1. The summed E-state index contributed by atoms with van der Waals surface area (Å²) in [6.07, 6.45) is 3.13. The summed E-state index contributed by atoms with van der Waals surface area (Å²) in [4.78, 5) is 47.0. The Morgan fingerprint density at radius 2 is 1.82 bits per heavy atom. The predicted molar refractivity (Wildman–Crippen MR) is 157 cm³/mol. The van der Waals surface area contributed by atoms with Crippen molar-refractivity contribution >= 4 is 29.1 Å². The number of benzene rings is 1. The van der Waals surface area contributed by atoms with Crippen LogP contribution in [0.3, 0.4) is 0 Å². The lowest BCUT2D eigenvalue weighted by molar-refractivity contribution is -0.145. The average molecular weight is 570 g/mol. The van der Waals surface area contributed by atoms with E-state index in [4.69, 9.17) is 4.74 Å². The molecule has 3 atom stereocenters. The van der Waals surface area contributed by atoms with E-state index in [2.05, 4.69) is 33.1 Å². The van der Waals surface area contributed by atoms with Crippen LogP contribution in [-0.2, 0) is 19.1 Å². The van der Waals surface area contributed by atoms with E-state index in [1.165, 1.54) is 0 Å². The van der Waals surface area contributed by atoms with Crippen molar-refractivity contribution in [3.8, 4) is 10.4 Å². The van der Waals surface area contributed by atoms with E-state index in [9.17, 15) is 14.4 Å². The summed E-state index contributed by atoms with van der Waals surface area (Å²) in [5.41, 5.74) is 4.41. The second-order valence-corrected chi connectivity index (χ2v) is 12.8. The SMILES string of the molecule is Cc1ncsc1-c1ccc([C@H](C)NC(=O)[C@@H]2CCCN2C(=O)[C@@H](NC(=O)COC2CCNCC2)C(C)(C)C)cc1. The maximum atomic E-state index is 13.8. The van der Waals surface area contributed by atoms with Gasteiger partial charge >= 0.3 is 0 Å². The molecule has 40 heavy (non-hydrogen) atoms. The number of nitrogens with one attached hydrogen (secondary N) is 3. The molecule has 3 amide bonds. The van der Waals surface area contributed by atoms with Gasteiger partial charge in [-0.25, -0.2) is 4.98 Å². The Labute approximate surface area is 241 Å². The van der Waals surface area contributed by atoms with Crippen molar-refractivity contribution in [3.05, 3.63) is 41.0 Å². The van der Waals surface area contributed by atoms with Gasteiger partial charge in [-0.3, -0.25) is 14.4 Å². The van der Waals surface area contributed by atoms with Crippen LogP contribution in [0.4, 0.5) is 0 Å². The Kier molecular flexibility index (Phi) is 9.97. The van der Waals surface area contributed by atoms with Crippen LogP contribution >= 0.6 is 11.3 Å². The Bertz CT molecular complexity index is 1170. The third-order valence-corrected chi connectivity index (χ3v) is 8.75. The molecule has 0 radical (unpaired) electrons. The Morgan fingerprint density at radius 3 is 2.45 bits per heavy atom. The summed E-state index contributed by atoms with van der Waals surface area (Å²) in [5.74, 6) is -0.705. The van der Waals surface area contributed by atoms with E-state index < -0.39 is 17.5 Å². The summed E-state index contributed by atoms with van der Waals surface area (Å²) < 4.78 is 5.80. The van der Waals surface area contributed by atoms with Crippen molar-refractivity contribution in [2.24, 2.45) is 5.41 Å². The molecule has 0 aliphatic carbocycles. The second kappa shape index (κ2) is 13.2. The zero-order valence-electron chi connectivity index (χ0n) is 24.3. The molecule has 0 saturated carbocycles. The number of carbonyl (C=O) groups excluding carboxylic acids is 3. The lowest BCUT2D eigenvalue weighted by Crippen LogP contribution is -2.58. The summed E-state index contributed by atoms with van der Waals surface area (Å²) >= 11 is 1.61. The zero-order valence-corrected chi connectivity index (χ0v) is 25.1. The standard InChI is InChI=1S/C30H43N5O4S/c1-19(21-8-10-22(11-9-21)26-20(2)32-18-40-26)33-28(37)24-7-6-16-35(24)29(38)27(30(3,4)5)34-25(36)17-39-23-12-14-31-15-13-23/h8-11,18-19,23-24,27,31H,6-7,12-17H2,1-5H3,(H,33,37)(H,34,36)/t19-,24-,27+/m0/s1. The van der Waals surface area contributed by atoms with Crippen molar-refractivity contribution in [2.45, 2.75) is 84.5 Å². The number of nitrogens with zero attached hydrogens (tertiary/aromatic N) is 2. The first-order chi connectivity index (χ1) is 19.0. The Hall–Kier alpha value is -2.82. The molecule has 0 bridgehead atoms. The van der Waals surface area contributed by atoms with Crippen molar-refractivity contribution in [1.29, 1.82) is 0 Å². The van der Waals surface area contributed by atoms with Crippen molar-refractivity contribution < 1.29 is 19.1 Å². The molecule has 2 saturated heterocycles. The number of hydrogen-bond acceptors (Lipinski definition) is 7. The Balaban J connectivity index is 1.36. The predicted octanol–water partition coefficient (Wildman–Crippen LogP) is 3.59. The minimum atomic E-state index is -0.759. The van der Waals surface area contributed by atoms with Crippen molar-refractivity contribution in [2.75, 3.05) is 26.2 Å². The molecule has 1 aromatic carbocycles. The van der Waals surface area contributed by atoms with Crippen molar-refractivity contribution in [3.63, 3.8) is 0 Å². The molecule has 218 valence electrons. The van der Waals surface area contributed by atoms with Gasteiger partial charge in [0.25, 0.3) is 0 Å². The quantitative estimate of drug-likeness (QED) is 0.426. The van der Waals surface area contributed by atoms with Crippen LogP contribution in [0.5, 0.6) is 0 Å². The number of ether oxygens (including phenoxy) is 1. The highest BCUT2D eigenvalue weighted by Crippen LogP contribution is 2.29. The lowest BCUT2D eigenvalue weighted by atomic mass is 9.85. The van der Waals surface area contributed by atoms with Gasteiger partial charge in [0.1, 0.15) is 18.7 Å². The van der Waals surface area contributed by atoms with Crippen LogP contribution in [0.2, 0.25) is 0 Å². The summed E-state index contributed by atoms with van der Waals surface area (Å²) in [6.45, 7) is 11.9. The Morgan fingerprint density at radius 1 is 1.12 bits per heavy atom. The number of aryl methyl sites for hydroxylation is 1. The molecular weight excluding hydrogens is 526 g/mol. The van der Waals surface area contributed by atoms with Gasteiger partial charge < -0.3 is 25.6 Å². The van der Waals surface area contributed by atoms with E-state index in [0.29, 0.717) is 13.0 Å². The van der Waals surface area contributed by atoms with Gasteiger partial charge in [-0.05, 0) is 69.2 Å². The number of piperidine rings is 1. The van der Waals surface area contributed by atoms with Crippen molar-refractivity contribution in [1.82, 2.24) is 25.8 Å². The normalized spacial score (nSPS) is 19.7. The first-order valence-corrected chi connectivity index (χ1v) is 15.2. The molecule has 2 fully saturated rings. The lowest BCUT2D eigenvalue weighted by Gasteiger charge is -2.35. The highest BCUT2D eigenvalue weighted by molar-refractivity contribution is 7.13. The molecule has 1 aromatic heterocycles. The van der Waals surface area contributed by atoms with E-state index >= 15 is 0 Å². The number of hydrogen-bond donors (Lipinski definition) is 3. The van der Waals surface area contributed by atoms with Crippen LogP contribution < -0.4 is 16.0 Å². The number of thiazole rings is 1. The van der Waals surface area contributed by atoms with Gasteiger partial charge in [-0.15, -0.1) is 11.3 Å². The fourth-order valence-electron chi connectivity index (χ4n) is 5.37. The first kappa shape index (κ1) is 30.1. The zero-order chi connectivity index (χ0) is 28.9. The second-order valence-electron chi connectivity index (χ2n) is 11.9. The van der Waals surface area contributed by atoms with Gasteiger partial charge in [0.2, 0.25) is 17.7 Å². The maximum Gasteiger partial charge on any atom is 0.246 e. The molecule has 2 aliphatic rings. The van der Waals surface area contributed by atoms with Crippen LogP contribution in [0.15, 0.2) is 29.8 Å². The molecule has 0 spiro atoms. The summed E-state index contributed by atoms with van der Waals surface area (Å²) in [7, 11) is 0. The number of rotatable bonds is 9. The maximum absolute atomic E-state index is 13.8. The molecule has 3 N–H and O–H groups in total. The van der Waals surface area contributed by atoms with E-state index in [0.717, 1.165) is 54.0 Å². The highest BCUT2D eigenvalue weighted by Gasteiger charge is 2.42. The van der Waals surface area contributed by atoms with Gasteiger partial charge in [0, 0.05) is 6.54 Å². The molecule has 2 aromatic rings. The molecule has 3 heterocycles. The monoisotopic (exact) mass is 569 g/mol. The molecule has 9 nitrogen and oxygen atoms in total.